The van der Waals surface area contributed by atoms with E-state index in [1.54, 1.807) is 19.1 Å². The molecule has 2 aromatic rings. The van der Waals surface area contributed by atoms with Crippen molar-refractivity contribution in [2.45, 2.75) is 6.92 Å². The van der Waals surface area contributed by atoms with Gasteiger partial charge in [-0.2, -0.15) is 0 Å². The predicted octanol–water partition coefficient (Wildman–Crippen LogP) is 2.79. The normalized spacial score (nSPS) is 10.3. The third kappa shape index (κ3) is 2.05. The molecule has 0 aliphatic heterocycles. The molecule has 0 saturated carbocycles. The second-order valence-electron chi connectivity index (χ2n) is 4.04. The highest BCUT2D eigenvalue weighted by Crippen LogP contribution is 2.41. The fourth-order valence-corrected chi connectivity index (χ4v) is 1.94. The van der Waals surface area contributed by atoms with Gasteiger partial charge < -0.3 is 20.1 Å². The van der Waals surface area contributed by atoms with Crippen molar-refractivity contribution in [2.75, 3.05) is 7.11 Å². The second-order valence-corrected chi connectivity index (χ2v) is 4.04. The van der Waals surface area contributed by atoms with Crippen LogP contribution in [0.2, 0.25) is 0 Å². The Morgan fingerprint density at radius 1 is 0.944 bits per heavy atom. The summed E-state index contributed by atoms with van der Waals surface area (Å²) in [7, 11) is 1.53. The Bertz CT molecular complexity index is 567. The fraction of sp³-hybridized carbons (Fsp3) is 0.143. The van der Waals surface area contributed by atoms with Gasteiger partial charge in [0, 0.05) is 17.2 Å². The van der Waals surface area contributed by atoms with Crippen molar-refractivity contribution in [1.82, 2.24) is 0 Å². The van der Waals surface area contributed by atoms with Gasteiger partial charge in [-0.25, -0.2) is 0 Å². The second kappa shape index (κ2) is 4.49. The van der Waals surface area contributed by atoms with E-state index < -0.39 is 0 Å². The van der Waals surface area contributed by atoms with E-state index in [-0.39, 0.29) is 17.2 Å². The van der Waals surface area contributed by atoms with Crippen molar-refractivity contribution < 1.29 is 20.1 Å². The summed E-state index contributed by atoms with van der Waals surface area (Å²) in [5.74, 6) is 0.516. The Hall–Kier alpha value is -2.36. The molecule has 0 saturated heterocycles. The minimum absolute atomic E-state index is 0.0175. The molecule has 0 radical (unpaired) electrons. The van der Waals surface area contributed by atoms with E-state index in [1.807, 2.05) is 0 Å². The maximum Gasteiger partial charge on any atom is 0.127 e. The molecular formula is C14H14O4. The van der Waals surface area contributed by atoms with E-state index >= 15 is 0 Å². The van der Waals surface area contributed by atoms with E-state index in [4.69, 9.17) is 4.74 Å². The molecule has 0 fully saturated rings. The van der Waals surface area contributed by atoms with E-state index in [9.17, 15) is 15.3 Å². The van der Waals surface area contributed by atoms with E-state index in [1.165, 1.54) is 25.3 Å². The van der Waals surface area contributed by atoms with Crippen molar-refractivity contribution in [1.29, 1.82) is 0 Å². The highest BCUT2D eigenvalue weighted by molar-refractivity contribution is 5.79. The minimum Gasteiger partial charge on any atom is -0.508 e. The minimum atomic E-state index is -0.0870. The topological polar surface area (TPSA) is 69.9 Å². The molecule has 94 valence electrons. The van der Waals surface area contributed by atoms with Crippen LogP contribution in [0.5, 0.6) is 23.0 Å². The van der Waals surface area contributed by atoms with Gasteiger partial charge in [0.1, 0.15) is 23.0 Å². The van der Waals surface area contributed by atoms with Gasteiger partial charge in [-0.05, 0) is 36.8 Å². The highest BCUT2D eigenvalue weighted by Gasteiger charge is 2.14. The molecule has 0 aromatic heterocycles. The van der Waals surface area contributed by atoms with Crippen molar-refractivity contribution in [3.05, 3.63) is 35.9 Å². The van der Waals surface area contributed by atoms with Crippen LogP contribution in [0, 0.1) is 6.92 Å². The third-order valence-electron chi connectivity index (χ3n) is 2.77. The lowest BCUT2D eigenvalue weighted by atomic mass is 9.98. The van der Waals surface area contributed by atoms with Crippen LogP contribution in [-0.4, -0.2) is 22.4 Å². The molecule has 3 N–H and O–H groups in total. The van der Waals surface area contributed by atoms with E-state index in [2.05, 4.69) is 0 Å². The lowest BCUT2D eigenvalue weighted by Crippen LogP contribution is -1.88. The van der Waals surface area contributed by atoms with E-state index in [0.29, 0.717) is 22.4 Å². The van der Waals surface area contributed by atoms with Crippen LogP contribution in [0.15, 0.2) is 30.3 Å². The summed E-state index contributed by atoms with van der Waals surface area (Å²) in [4.78, 5) is 0. The molecule has 0 bridgehead atoms. The van der Waals surface area contributed by atoms with E-state index in [0.717, 1.165) is 0 Å². The van der Waals surface area contributed by atoms with Gasteiger partial charge in [-0.3, -0.25) is 0 Å². The first-order chi connectivity index (χ1) is 8.52. The number of hydrogen-bond donors (Lipinski definition) is 3. The molecule has 0 heterocycles. The molecule has 4 nitrogen and oxygen atoms in total. The standard InChI is InChI=1S/C14H14O4/c1-8-5-9(15)6-13(17)14(8)11-7-10(18-2)3-4-12(11)16/h3-7,15-17H,1-2H3. The Balaban J connectivity index is 2.68. The summed E-state index contributed by atoms with van der Waals surface area (Å²) in [6.07, 6.45) is 0. The van der Waals surface area contributed by atoms with Crippen molar-refractivity contribution in [3.63, 3.8) is 0 Å². The van der Waals surface area contributed by atoms with Gasteiger partial charge in [0.15, 0.2) is 0 Å². The molecule has 0 spiro atoms. The first-order valence-electron chi connectivity index (χ1n) is 5.43. The quantitative estimate of drug-likeness (QED) is 0.762. The summed E-state index contributed by atoms with van der Waals surface area (Å²) in [6.45, 7) is 1.74. The molecule has 18 heavy (non-hydrogen) atoms. The first-order valence-corrected chi connectivity index (χ1v) is 5.43. The molecule has 0 atom stereocenters. The van der Waals surface area contributed by atoms with Crippen molar-refractivity contribution >= 4 is 0 Å². The summed E-state index contributed by atoms with van der Waals surface area (Å²) >= 11 is 0. The molecule has 0 unspecified atom stereocenters. The monoisotopic (exact) mass is 246 g/mol. The highest BCUT2D eigenvalue weighted by atomic mass is 16.5. The number of phenolic OH excluding ortho intramolecular Hbond substituents is 3. The van der Waals surface area contributed by atoms with Crippen LogP contribution in [0.1, 0.15) is 5.56 Å². The van der Waals surface area contributed by atoms with Crippen LogP contribution in [0.4, 0.5) is 0 Å². The van der Waals surface area contributed by atoms with Crippen molar-refractivity contribution in [2.24, 2.45) is 0 Å². The average molecular weight is 246 g/mol. The number of hydrogen-bond acceptors (Lipinski definition) is 4. The Morgan fingerprint density at radius 3 is 2.28 bits per heavy atom. The van der Waals surface area contributed by atoms with Gasteiger partial charge in [-0.15, -0.1) is 0 Å². The molecule has 2 rings (SSSR count). The number of benzene rings is 2. The zero-order valence-electron chi connectivity index (χ0n) is 10.1. The molecule has 0 aliphatic rings. The average Bonchev–Trinajstić information content (AvgIpc) is 2.30. The summed E-state index contributed by atoms with van der Waals surface area (Å²) in [5.41, 5.74) is 1.60. The fourth-order valence-electron chi connectivity index (χ4n) is 1.94. The first kappa shape index (κ1) is 12.1. The van der Waals surface area contributed by atoms with Gasteiger partial charge in [0.25, 0.3) is 0 Å². The van der Waals surface area contributed by atoms with Gasteiger partial charge in [-0.1, -0.05) is 0 Å². The molecule has 4 heteroatoms. The number of rotatable bonds is 2. The predicted molar refractivity (Wildman–Crippen MR) is 68.2 cm³/mol. The maximum atomic E-state index is 9.90. The number of methoxy groups -OCH3 is 1. The molecule has 2 aromatic carbocycles. The molecule has 0 amide bonds. The van der Waals surface area contributed by atoms with Gasteiger partial charge in [0.05, 0.1) is 7.11 Å². The molecular weight excluding hydrogens is 232 g/mol. The number of phenols is 3. The lowest BCUT2D eigenvalue weighted by molar-refractivity contribution is 0.412. The maximum absolute atomic E-state index is 9.90. The lowest BCUT2D eigenvalue weighted by Gasteiger charge is -2.12. The van der Waals surface area contributed by atoms with Crippen LogP contribution >= 0.6 is 0 Å². The van der Waals surface area contributed by atoms with Gasteiger partial charge in [0.2, 0.25) is 0 Å². The molecule has 0 aliphatic carbocycles. The van der Waals surface area contributed by atoms with Crippen LogP contribution < -0.4 is 4.74 Å². The summed E-state index contributed by atoms with van der Waals surface area (Å²) in [6, 6.07) is 7.52. The number of aryl methyl sites for hydroxylation is 1. The zero-order valence-corrected chi connectivity index (χ0v) is 10.1. The number of ether oxygens (including phenoxy) is 1. The van der Waals surface area contributed by atoms with Gasteiger partial charge >= 0.3 is 0 Å². The Labute approximate surface area is 105 Å². The SMILES string of the molecule is COc1ccc(O)c(-c2c(C)cc(O)cc2O)c1. The van der Waals surface area contributed by atoms with Crippen LogP contribution in [-0.2, 0) is 0 Å². The largest absolute Gasteiger partial charge is 0.508 e. The Morgan fingerprint density at radius 2 is 1.67 bits per heavy atom. The zero-order chi connectivity index (χ0) is 13.3. The van der Waals surface area contributed by atoms with Crippen LogP contribution in [0.25, 0.3) is 11.1 Å². The Kier molecular flexibility index (Phi) is 3.02. The van der Waals surface area contributed by atoms with Crippen molar-refractivity contribution in [3.8, 4) is 34.1 Å². The smallest absolute Gasteiger partial charge is 0.127 e. The van der Waals surface area contributed by atoms with Crippen LogP contribution in [0.3, 0.4) is 0 Å². The third-order valence-corrected chi connectivity index (χ3v) is 2.77. The summed E-state index contributed by atoms with van der Waals surface area (Å²) in [5, 5.41) is 29.2. The number of aromatic hydroxyl groups is 3. The summed E-state index contributed by atoms with van der Waals surface area (Å²) < 4.78 is 5.09.